The van der Waals surface area contributed by atoms with Crippen LogP contribution in [0.15, 0.2) is 11.6 Å². The molecule has 0 aliphatic heterocycles. The topological polar surface area (TPSA) is 0 Å². The Morgan fingerprint density at radius 2 is 1.67 bits per heavy atom. The fraction of sp³-hybridized carbons (Fsp3) is 0.833. The zero-order valence-corrected chi connectivity index (χ0v) is 9.35. The summed E-state index contributed by atoms with van der Waals surface area (Å²) in [6, 6.07) is 0. The number of hydrogen-bond acceptors (Lipinski definition) is 0. The SMILES string of the molecule is CC(C)=C[C@H](C)CCCC(C)C. The van der Waals surface area contributed by atoms with E-state index in [9.17, 15) is 0 Å². The van der Waals surface area contributed by atoms with Crippen LogP contribution in [-0.2, 0) is 0 Å². The summed E-state index contributed by atoms with van der Waals surface area (Å²) in [6.07, 6.45) is 6.48. The summed E-state index contributed by atoms with van der Waals surface area (Å²) in [4.78, 5) is 0. The van der Waals surface area contributed by atoms with Crippen molar-refractivity contribution in [1.29, 1.82) is 0 Å². The molecular formula is C12H24. The molecule has 0 amide bonds. The van der Waals surface area contributed by atoms with Gasteiger partial charge in [0.1, 0.15) is 0 Å². The molecule has 0 aromatic heterocycles. The first-order valence-electron chi connectivity index (χ1n) is 5.17. The van der Waals surface area contributed by atoms with Gasteiger partial charge < -0.3 is 0 Å². The molecule has 0 saturated heterocycles. The van der Waals surface area contributed by atoms with Crippen LogP contribution in [-0.4, -0.2) is 0 Å². The van der Waals surface area contributed by atoms with Gasteiger partial charge in [0, 0.05) is 0 Å². The van der Waals surface area contributed by atoms with E-state index in [1.54, 1.807) is 0 Å². The minimum atomic E-state index is 0.772. The summed E-state index contributed by atoms with van der Waals surface area (Å²) in [7, 11) is 0. The Hall–Kier alpha value is -0.260. The van der Waals surface area contributed by atoms with Gasteiger partial charge in [-0.15, -0.1) is 0 Å². The van der Waals surface area contributed by atoms with E-state index in [0.29, 0.717) is 0 Å². The van der Waals surface area contributed by atoms with E-state index in [2.05, 4.69) is 40.7 Å². The molecule has 0 aliphatic rings. The van der Waals surface area contributed by atoms with Crippen LogP contribution in [0, 0.1) is 11.8 Å². The fourth-order valence-electron chi connectivity index (χ4n) is 1.50. The van der Waals surface area contributed by atoms with Gasteiger partial charge >= 0.3 is 0 Å². The second-order valence-electron chi connectivity index (χ2n) is 4.55. The van der Waals surface area contributed by atoms with E-state index < -0.39 is 0 Å². The maximum Gasteiger partial charge on any atom is -0.0259 e. The Kier molecular flexibility index (Phi) is 6.14. The summed E-state index contributed by atoms with van der Waals surface area (Å²) in [5.41, 5.74) is 1.45. The molecule has 0 saturated carbocycles. The van der Waals surface area contributed by atoms with Crippen LogP contribution in [0.25, 0.3) is 0 Å². The lowest BCUT2D eigenvalue weighted by atomic mass is 9.98. The molecule has 72 valence electrons. The second kappa shape index (κ2) is 6.28. The predicted molar refractivity (Wildman–Crippen MR) is 57.3 cm³/mol. The van der Waals surface area contributed by atoms with Gasteiger partial charge in [-0.3, -0.25) is 0 Å². The van der Waals surface area contributed by atoms with Gasteiger partial charge in [0.2, 0.25) is 0 Å². The Morgan fingerprint density at radius 1 is 1.08 bits per heavy atom. The van der Waals surface area contributed by atoms with Crippen molar-refractivity contribution < 1.29 is 0 Å². The average molecular weight is 168 g/mol. The van der Waals surface area contributed by atoms with Crippen molar-refractivity contribution >= 4 is 0 Å². The van der Waals surface area contributed by atoms with Gasteiger partial charge in [0.25, 0.3) is 0 Å². The summed E-state index contributed by atoms with van der Waals surface area (Å²) < 4.78 is 0. The molecule has 0 nitrogen and oxygen atoms in total. The highest BCUT2D eigenvalue weighted by Gasteiger charge is 1.99. The Balaban J connectivity index is 3.44. The summed E-state index contributed by atoms with van der Waals surface area (Å²) in [5, 5.41) is 0. The molecule has 0 N–H and O–H groups in total. The van der Waals surface area contributed by atoms with Gasteiger partial charge in [-0.1, -0.05) is 45.3 Å². The maximum atomic E-state index is 2.38. The quantitative estimate of drug-likeness (QED) is 0.533. The van der Waals surface area contributed by atoms with Crippen molar-refractivity contribution in [3.05, 3.63) is 11.6 Å². The maximum absolute atomic E-state index is 2.38. The minimum absolute atomic E-state index is 0.772. The minimum Gasteiger partial charge on any atom is -0.0830 e. The molecule has 0 aromatic carbocycles. The Morgan fingerprint density at radius 3 is 2.08 bits per heavy atom. The molecular weight excluding hydrogens is 144 g/mol. The highest BCUT2D eigenvalue weighted by atomic mass is 14.0. The van der Waals surface area contributed by atoms with Gasteiger partial charge in [0.05, 0.1) is 0 Å². The van der Waals surface area contributed by atoms with Crippen molar-refractivity contribution in [3.8, 4) is 0 Å². The number of rotatable bonds is 5. The molecule has 1 atom stereocenters. The van der Waals surface area contributed by atoms with Crippen molar-refractivity contribution in [1.82, 2.24) is 0 Å². The first kappa shape index (κ1) is 11.7. The lowest BCUT2D eigenvalue weighted by molar-refractivity contribution is 0.501. The predicted octanol–water partition coefficient (Wildman–Crippen LogP) is 4.42. The van der Waals surface area contributed by atoms with Crippen LogP contribution < -0.4 is 0 Å². The van der Waals surface area contributed by atoms with Crippen LogP contribution in [0.5, 0.6) is 0 Å². The van der Waals surface area contributed by atoms with E-state index >= 15 is 0 Å². The molecule has 0 heteroatoms. The van der Waals surface area contributed by atoms with Crippen molar-refractivity contribution in [2.45, 2.75) is 53.9 Å². The average Bonchev–Trinajstić information content (AvgIpc) is 1.84. The molecule has 0 radical (unpaired) electrons. The van der Waals surface area contributed by atoms with Gasteiger partial charge in [-0.2, -0.15) is 0 Å². The molecule has 0 aliphatic carbocycles. The fourth-order valence-corrected chi connectivity index (χ4v) is 1.50. The molecule has 0 aromatic rings. The summed E-state index contributed by atoms with van der Waals surface area (Å²) in [5.74, 6) is 1.64. The van der Waals surface area contributed by atoms with Crippen molar-refractivity contribution in [2.24, 2.45) is 11.8 Å². The number of hydrogen-bond donors (Lipinski definition) is 0. The molecule has 0 unspecified atom stereocenters. The highest BCUT2D eigenvalue weighted by molar-refractivity contribution is 4.95. The van der Waals surface area contributed by atoms with Gasteiger partial charge in [-0.25, -0.2) is 0 Å². The van der Waals surface area contributed by atoms with Gasteiger partial charge in [-0.05, 0) is 32.1 Å². The summed E-state index contributed by atoms with van der Waals surface area (Å²) in [6.45, 7) is 11.3. The largest absolute Gasteiger partial charge is 0.0830 e. The van der Waals surface area contributed by atoms with Crippen LogP contribution in [0.1, 0.15) is 53.9 Å². The molecule has 0 rings (SSSR count). The van der Waals surface area contributed by atoms with E-state index in [0.717, 1.165) is 11.8 Å². The monoisotopic (exact) mass is 168 g/mol. The second-order valence-corrected chi connectivity index (χ2v) is 4.55. The number of allylic oxidation sites excluding steroid dienone is 2. The lowest BCUT2D eigenvalue weighted by Gasteiger charge is -2.08. The summed E-state index contributed by atoms with van der Waals surface area (Å²) >= 11 is 0. The van der Waals surface area contributed by atoms with Crippen molar-refractivity contribution in [3.63, 3.8) is 0 Å². The first-order valence-corrected chi connectivity index (χ1v) is 5.17. The van der Waals surface area contributed by atoms with Gasteiger partial charge in [0.15, 0.2) is 0 Å². The zero-order valence-electron chi connectivity index (χ0n) is 9.35. The van der Waals surface area contributed by atoms with E-state index in [1.165, 1.54) is 24.8 Å². The van der Waals surface area contributed by atoms with Crippen LogP contribution in [0.3, 0.4) is 0 Å². The third-order valence-electron chi connectivity index (χ3n) is 2.06. The van der Waals surface area contributed by atoms with Crippen LogP contribution in [0.4, 0.5) is 0 Å². The molecule has 0 fully saturated rings. The normalized spacial score (nSPS) is 13.2. The highest BCUT2D eigenvalue weighted by Crippen LogP contribution is 2.14. The van der Waals surface area contributed by atoms with E-state index in [-0.39, 0.29) is 0 Å². The lowest BCUT2D eigenvalue weighted by Crippen LogP contribution is -1.93. The molecule has 12 heavy (non-hydrogen) atoms. The van der Waals surface area contributed by atoms with Crippen molar-refractivity contribution in [2.75, 3.05) is 0 Å². The standard InChI is InChI=1S/C12H24/c1-10(2)7-6-8-12(5)9-11(3)4/h9-10,12H,6-8H2,1-5H3/t12-/m1/s1. The van der Waals surface area contributed by atoms with Crippen LogP contribution in [0.2, 0.25) is 0 Å². The first-order chi connectivity index (χ1) is 5.52. The van der Waals surface area contributed by atoms with E-state index in [4.69, 9.17) is 0 Å². The van der Waals surface area contributed by atoms with Crippen LogP contribution >= 0.6 is 0 Å². The Bertz CT molecular complexity index is 127. The molecule has 0 spiro atoms. The van der Waals surface area contributed by atoms with E-state index in [1.807, 2.05) is 0 Å². The molecule has 0 bridgehead atoms. The third kappa shape index (κ3) is 7.84. The smallest absolute Gasteiger partial charge is 0.0259 e. The zero-order chi connectivity index (χ0) is 9.56. The third-order valence-corrected chi connectivity index (χ3v) is 2.06. The molecule has 0 heterocycles. The Labute approximate surface area is 78.1 Å².